The Morgan fingerprint density at radius 3 is 3.06 bits per heavy atom. The van der Waals surface area contributed by atoms with Gasteiger partial charge < -0.3 is 10.6 Å². The fraction of sp³-hybridized carbons (Fsp3) is 0.462. The van der Waals surface area contributed by atoms with Gasteiger partial charge in [-0.3, -0.25) is 4.79 Å². The van der Waals surface area contributed by atoms with E-state index in [-0.39, 0.29) is 23.8 Å². The van der Waals surface area contributed by atoms with Gasteiger partial charge in [-0.15, -0.1) is 0 Å². The molecule has 1 aliphatic heterocycles. The minimum atomic E-state index is -0.275. The number of nitrogens with one attached hydrogen (secondary N) is 2. The quantitative estimate of drug-likeness (QED) is 0.839. The largest absolute Gasteiger partial charge is 0.348 e. The number of hydrogen-bond acceptors (Lipinski definition) is 2. The zero-order valence-electron chi connectivity index (χ0n) is 9.87. The van der Waals surface area contributed by atoms with Gasteiger partial charge in [0.2, 0.25) is 5.91 Å². The molecule has 2 N–H and O–H groups in total. The molecule has 1 amide bonds. The third-order valence-electron chi connectivity index (χ3n) is 3.08. The molecule has 0 spiro atoms. The van der Waals surface area contributed by atoms with Crippen molar-refractivity contribution in [2.75, 3.05) is 6.54 Å². The molecule has 1 saturated heterocycles. The lowest BCUT2D eigenvalue weighted by Gasteiger charge is -2.17. The Hall–Kier alpha value is -1.42. The maximum Gasteiger partial charge on any atom is 0.237 e. The first-order valence-corrected chi connectivity index (χ1v) is 5.96. The Labute approximate surface area is 100 Å². The summed E-state index contributed by atoms with van der Waals surface area (Å²) in [7, 11) is 0. The topological polar surface area (TPSA) is 41.1 Å². The molecule has 4 heteroatoms. The molecule has 92 valence electrons. The molecule has 3 nitrogen and oxygen atoms in total. The van der Waals surface area contributed by atoms with Crippen molar-refractivity contribution in [3.63, 3.8) is 0 Å². The van der Waals surface area contributed by atoms with Crippen LogP contribution in [0.1, 0.15) is 31.4 Å². The first-order valence-electron chi connectivity index (χ1n) is 5.96. The van der Waals surface area contributed by atoms with E-state index in [1.165, 1.54) is 12.1 Å². The number of benzene rings is 1. The van der Waals surface area contributed by atoms with Gasteiger partial charge in [-0.05, 0) is 44.0 Å². The lowest BCUT2D eigenvalue weighted by Crippen LogP contribution is -2.41. The summed E-state index contributed by atoms with van der Waals surface area (Å²) in [4.78, 5) is 11.8. The molecule has 0 aliphatic carbocycles. The maximum absolute atomic E-state index is 13.0. The monoisotopic (exact) mass is 236 g/mol. The fourth-order valence-corrected chi connectivity index (χ4v) is 2.08. The highest BCUT2D eigenvalue weighted by Crippen LogP contribution is 2.14. The van der Waals surface area contributed by atoms with Crippen molar-refractivity contribution in [2.45, 2.75) is 31.8 Å². The summed E-state index contributed by atoms with van der Waals surface area (Å²) in [6.07, 6.45) is 1.91. The highest BCUT2D eigenvalue weighted by molar-refractivity contribution is 5.82. The van der Waals surface area contributed by atoms with Gasteiger partial charge in [-0.25, -0.2) is 4.39 Å². The van der Waals surface area contributed by atoms with Crippen molar-refractivity contribution >= 4 is 5.91 Å². The molecule has 2 rings (SSSR count). The van der Waals surface area contributed by atoms with E-state index in [2.05, 4.69) is 10.6 Å². The lowest BCUT2D eigenvalue weighted by atomic mass is 10.1. The van der Waals surface area contributed by atoms with E-state index in [0.717, 1.165) is 24.9 Å². The van der Waals surface area contributed by atoms with Crippen LogP contribution >= 0.6 is 0 Å². The summed E-state index contributed by atoms with van der Waals surface area (Å²) in [6, 6.07) is 6.06. The maximum atomic E-state index is 13.0. The number of amides is 1. The predicted octanol–water partition coefficient (Wildman–Crippen LogP) is 1.75. The summed E-state index contributed by atoms with van der Waals surface area (Å²) >= 11 is 0. The first-order chi connectivity index (χ1) is 8.16. The number of hydrogen-bond donors (Lipinski definition) is 2. The van der Waals surface area contributed by atoms with E-state index in [0.29, 0.717) is 0 Å². The van der Waals surface area contributed by atoms with Crippen LogP contribution in [0.25, 0.3) is 0 Å². The number of halogens is 1. The second-order valence-electron chi connectivity index (χ2n) is 4.43. The highest BCUT2D eigenvalue weighted by atomic mass is 19.1. The number of carbonyl (C=O) groups is 1. The Morgan fingerprint density at radius 1 is 1.59 bits per heavy atom. The van der Waals surface area contributed by atoms with E-state index in [9.17, 15) is 9.18 Å². The average molecular weight is 236 g/mol. The summed E-state index contributed by atoms with van der Waals surface area (Å²) in [6.45, 7) is 2.76. The van der Waals surface area contributed by atoms with E-state index in [4.69, 9.17) is 0 Å². The zero-order valence-corrected chi connectivity index (χ0v) is 9.87. The first kappa shape index (κ1) is 12.0. The third-order valence-corrected chi connectivity index (χ3v) is 3.08. The van der Waals surface area contributed by atoms with E-state index in [1.807, 2.05) is 13.0 Å². The molecule has 2 atom stereocenters. The molecular weight excluding hydrogens is 219 g/mol. The van der Waals surface area contributed by atoms with Crippen molar-refractivity contribution in [3.8, 4) is 0 Å². The highest BCUT2D eigenvalue weighted by Gasteiger charge is 2.23. The van der Waals surface area contributed by atoms with Crippen LogP contribution in [0.3, 0.4) is 0 Å². The van der Waals surface area contributed by atoms with Crippen molar-refractivity contribution < 1.29 is 9.18 Å². The van der Waals surface area contributed by atoms with Crippen LogP contribution in [0.5, 0.6) is 0 Å². The fourth-order valence-electron chi connectivity index (χ4n) is 2.08. The van der Waals surface area contributed by atoms with Crippen LogP contribution in [0.4, 0.5) is 4.39 Å². The minimum Gasteiger partial charge on any atom is -0.348 e. The van der Waals surface area contributed by atoms with Crippen LogP contribution in [0.2, 0.25) is 0 Å². The molecule has 0 bridgehead atoms. The zero-order chi connectivity index (χ0) is 12.3. The molecule has 1 heterocycles. The Balaban J connectivity index is 1.96. The molecular formula is C13H17FN2O. The van der Waals surface area contributed by atoms with Crippen LogP contribution in [0, 0.1) is 5.82 Å². The minimum absolute atomic E-state index is 0.000684. The standard InChI is InChI=1S/C13H17FN2O/c1-9(10-4-2-5-11(14)8-10)16-13(17)12-6-3-7-15-12/h2,4-5,8-9,12,15H,3,6-7H2,1H3,(H,16,17)/t9-,12+/m0/s1. The van der Waals surface area contributed by atoms with Crippen LogP contribution in [-0.2, 0) is 4.79 Å². The van der Waals surface area contributed by atoms with Gasteiger partial charge >= 0.3 is 0 Å². The van der Waals surface area contributed by atoms with Crippen LogP contribution in [0.15, 0.2) is 24.3 Å². The Morgan fingerprint density at radius 2 is 2.41 bits per heavy atom. The van der Waals surface area contributed by atoms with Gasteiger partial charge in [0, 0.05) is 0 Å². The van der Waals surface area contributed by atoms with E-state index < -0.39 is 0 Å². The van der Waals surface area contributed by atoms with Crippen LogP contribution in [-0.4, -0.2) is 18.5 Å². The molecule has 17 heavy (non-hydrogen) atoms. The van der Waals surface area contributed by atoms with E-state index >= 15 is 0 Å². The molecule has 0 radical (unpaired) electrons. The average Bonchev–Trinajstić information content (AvgIpc) is 2.82. The van der Waals surface area contributed by atoms with Crippen LogP contribution < -0.4 is 10.6 Å². The summed E-state index contributed by atoms with van der Waals surface area (Å²) in [5.74, 6) is -0.276. The van der Waals surface area contributed by atoms with Gasteiger partial charge in [-0.1, -0.05) is 12.1 Å². The summed E-state index contributed by atoms with van der Waals surface area (Å²) < 4.78 is 13.0. The molecule has 0 aromatic heterocycles. The Kier molecular flexibility index (Phi) is 3.74. The number of rotatable bonds is 3. The van der Waals surface area contributed by atoms with Crippen molar-refractivity contribution in [3.05, 3.63) is 35.6 Å². The molecule has 0 unspecified atom stereocenters. The predicted molar refractivity (Wildman–Crippen MR) is 64.0 cm³/mol. The van der Waals surface area contributed by atoms with Crippen molar-refractivity contribution in [1.29, 1.82) is 0 Å². The summed E-state index contributed by atoms with van der Waals surface area (Å²) in [5.41, 5.74) is 0.788. The van der Waals surface area contributed by atoms with E-state index in [1.54, 1.807) is 6.07 Å². The van der Waals surface area contributed by atoms with Crippen molar-refractivity contribution in [2.24, 2.45) is 0 Å². The molecule has 1 fully saturated rings. The third kappa shape index (κ3) is 3.03. The summed E-state index contributed by atoms with van der Waals surface area (Å²) in [5, 5.41) is 6.04. The Bertz CT molecular complexity index is 402. The smallest absolute Gasteiger partial charge is 0.237 e. The lowest BCUT2D eigenvalue weighted by molar-refractivity contribution is -0.123. The van der Waals surface area contributed by atoms with Gasteiger partial charge in [0.1, 0.15) is 5.82 Å². The van der Waals surface area contributed by atoms with Gasteiger partial charge in [0.05, 0.1) is 12.1 Å². The van der Waals surface area contributed by atoms with Crippen molar-refractivity contribution in [1.82, 2.24) is 10.6 Å². The molecule has 1 aromatic rings. The number of carbonyl (C=O) groups excluding carboxylic acids is 1. The molecule has 1 aliphatic rings. The molecule has 1 aromatic carbocycles. The van der Waals surface area contributed by atoms with Gasteiger partial charge in [0.25, 0.3) is 0 Å². The second kappa shape index (κ2) is 5.27. The normalized spacial score (nSPS) is 21.2. The molecule has 0 saturated carbocycles. The van der Waals surface area contributed by atoms with Gasteiger partial charge in [-0.2, -0.15) is 0 Å². The second-order valence-corrected chi connectivity index (χ2v) is 4.43. The van der Waals surface area contributed by atoms with Gasteiger partial charge in [0.15, 0.2) is 0 Å². The SMILES string of the molecule is C[C@H](NC(=O)[C@H]1CCCN1)c1cccc(F)c1.